The molecule has 0 fully saturated rings. The molecule has 0 radical (unpaired) electrons. The zero-order valence-corrected chi connectivity index (χ0v) is 82.8. The van der Waals surface area contributed by atoms with Gasteiger partial charge in [-0.2, -0.15) is 0 Å². The van der Waals surface area contributed by atoms with Gasteiger partial charge in [-0.05, 0) is 350 Å². The van der Waals surface area contributed by atoms with Gasteiger partial charge in [-0.1, -0.05) is 346 Å². The Labute approximate surface area is 824 Å². The average molecular weight is 1820 g/mol. The van der Waals surface area contributed by atoms with Crippen LogP contribution in [0.15, 0.2) is 423 Å². The summed E-state index contributed by atoms with van der Waals surface area (Å²) in [4.78, 5) is 7.13. The molecule has 0 spiro atoms. The van der Waals surface area contributed by atoms with Crippen LogP contribution in [0.1, 0.15) is 141 Å². The molecule has 140 heavy (non-hydrogen) atoms. The van der Waals surface area contributed by atoms with E-state index >= 15 is 0 Å². The number of nitrogens with zero attached hydrogens (tertiary/aromatic N) is 3. The van der Waals surface area contributed by atoms with Crippen molar-refractivity contribution in [2.24, 2.45) is 0 Å². The van der Waals surface area contributed by atoms with Crippen molar-refractivity contribution in [2.45, 2.75) is 135 Å². The first kappa shape index (κ1) is 86.2. The topological polar surface area (TPSA) is 22.9 Å². The number of rotatable bonds is 9. The molecule has 4 nitrogen and oxygen atoms in total. The van der Waals surface area contributed by atoms with Crippen LogP contribution in [0.4, 0.5) is 51.2 Å². The van der Waals surface area contributed by atoms with E-state index in [9.17, 15) is 0 Å². The monoisotopic (exact) mass is 1820 g/mol. The molecule has 2 aromatic heterocycles. The first-order chi connectivity index (χ1) is 67.7. The lowest BCUT2D eigenvalue weighted by Gasteiger charge is -2.48. The molecule has 23 aromatic rings. The Bertz CT molecular complexity index is 9050. The van der Waals surface area contributed by atoms with Crippen molar-refractivity contribution >= 4 is 169 Å². The maximum atomic E-state index is 6.30. The normalized spacial score (nSPS) is 15.3. The van der Waals surface area contributed by atoms with E-state index in [0.29, 0.717) is 0 Å². The van der Waals surface area contributed by atoms with Crippen LogP contribution in [0.2, 0.25) is 0 Å². The Hall–Kier alpha value is -15.4. The van der Waals surface area contributed by atoms with E-state index in [0.717, 1.165) is 67.4 Å². The Morgan fingerprint density at radius 3 is 0.886 bits per heavy atom. The SMILES string of the molecule is CC1(C)c2ccccc2-c2cc3c(ccc4cc(N(c5ccccc5)c5ccc6c(c5)oc5ccccc56)ccc43)cc2C1(C)C.CC1(C)c2ccccc2-c2cc3c(ccc4cc(N(c5ccccc5)c5ccc6sc7ccccc7c6c5)ccc43)cc2C1(C)C.CC1(C)c2ccccc2-c2ccc(N(c3ccccc3)c3ccc4c(ccc5cc6c(cc54)-c4ccccc4C(C)(C)C6(C)C)c3)cc21. The van der Waals surface area contributed by atoms with Gasteiger partial charge in [0.05, 0.1) is 0 Å². The Kier molecular flexibility index (Phi) is 19.6. The molecule has 21 aromatic carbocycles. The molecule has 0 saturated heterocycles. The second-order valence-electron chi connectivity index (χ2n) is 43.1. The van der Waals surface area contributed by atoms with Crippen molar-refractivity contribution in [3.63, 3.8) is 0 Å². The van der Waals surface area contributed by atoms with Gasteiger partial charge in [-0.3, -0.25) is 0 Å². The van der Waals surface area contributed by atoms with Crippen LogP contribution in [-0.2, 0) is 37.9 Å². The van der Waals surface area contributed by atoms with Gasteiger partial charge in [0.1, 0.15) is 11.2 Å². The third-order valence-corrected chi connectivity index (χ3v) is 35.3. The summed E-state index contributed by atoms with van der Waals surface area (Å²) in [6.07, 6.45) is 0. The standard InChI is InChI=1S/C47H41N.C44H35NO.C44H35NS/c1-45(2)41-18-12-10-16-36(41)38-25-23-34(28-43(38)45)48(32-14-8-7-9-15-32)33-22-24-35-30(26-33)20-21-31-27-44-40(29-39(31)35)37-17-11-13-19-42(37)46(3,4)47(44,5)6;1-43(2)39-16-10-8-14-34(39)38-27-37-29(25-40(38)44(43,3)4)19-18-28-24-31(20-22-33(28)37)45(30-12-6-5-7-13-30)32-21-23-36-35-15-9-11-17-41(35)46-42(36)26-32;1-43(2)39-16-10-8-14-34(39)37-27-36-29(25-40(37)44(43,3)4)19-18-28-24-31(20-22-33(28)36)45(30-12-6-5-7-13-30)32-21-23-42-38(26-32)35-15-9-11-17-41(35)46-42/h7-29H,1-6H3;2*5-27H,1-4H3. The van der Waals surface area contributed by atoms with Crippen LogP contribution in [0.5, 0.6) is 0 Å². The van der Waals surface area contributed by atoms with E-state index < -0.39 is 0 Å². The molecule has 0 saturated carbocycles. The number of thiophene rings is 1. The van der Waals surface area contributed by atoms with Gasteiger partial charge in [0.15, 0.2) is 0 Å². The maximum absolute atomic E-state index is 6.30. The summed E-state index contributed by atoms with van der Waals surface area (Å²) in [6.45, 7) is 33.6. The highest BCUT2D eigenvalue weighted by Gasteiger charge is 2.49. The quantitative estimate of drug-likeness (QED) is 0.134. The second kappa shape index (κ2) is 31.8. The highest BCUT2D eigenvalue weighted by atomic mass is 32.1. The average Bonchev–Trinajstić information content (AvgIpc) is 0.991. The fourth-order valence-corrected chi connectivity index (χ4v) is 25.4. The second-order valence-corrected chi connectivity index (χ2v) is 44.2. The molecule has 678 valence electrons. The van der Waals surface area contributed by atoms with Gasteiger partial charge in [-0.25, -0.2) is 0 Å². The molecule has 27 rings (SSSR count). The molecule has 0 atom stereocenters. The van der Waals surface area contributed by atoms with Gasteiger partial charge < -0.3 is 19.1 Å². The molecule has 2 heterocycles. The highest BCUT2D eigenvalue weighted by molar-refractivity contribution is 7.25. The first-order valence-electron chi connectivity index (χ1n) is 49.6. The molecule has 0 bridgehead atoms. The van der Waals surface area contributed by atoms with Gasteiger partial charge in [-0.15, -0.1) is 11.3 Å². The number of fused-ring (bicyclic) bond motifs is 27. The minimum atomic E-state index is -0.0614. The maximum Gasteiger partial charge on any atom is 0.137 e. The van der Waals surface area contributed by atoms with E-state index in [1.54, 1.807) is 0 Å². The third kappa shape index (κ3) is 13.2. The summed E-state index contributed by atoms with van der Waals surface area (Å²) in [5.41, 5.74) is 34.3. The summed E-state index contributed by atoms with van der Waals surface area (Å²) >= 11 is 1.86. The largest absolute Gasteiger partial charge is 0.456 e. The van der Waals surface area contributed by atoms with Crippen LogP contribution >= 0.6 is 11.3 Å². The predicted molar refractivity (Wildman–Crippen MR) is 601 cm³/mol. The molecule has 4 aliphatic carbocycles. The van der Waals surface area contributed by atoms with Gasteiger partial charge in [0.2, 0.25) is 0 Å². The number of furan rings is 1. The number of para-hydroxylation sites is 4. The van der Waals surface area contributed by atoms with Crippen LogP contribution in [0, 0.1) is 0 Å². The molecule has 0 N–H and O–H groups in total. The van der Waals surface area contributed by atoms with E-state index in [2.05, 4.69) is 518 Å². The fraction of sp³-hybridized carbons (Fsp3) is 0.156. The lowest BCUT2D eigenvalue weighted by molar-refractivity contribution is 0.299. The molecule has 0 aliphatic heterocycles. The van der Waals surface area contributed by atoms with Crippen molar-refractivity contribution in [2.75, 3.05) is 14.7 Å². The van der Waals surface area contributed by atoms with Gasteiger partial charge >= 0.3 is 0 Å². The predicted octanol–water partition coefficient (Wildman–Crippen LogP) is 38.7. The molecular weight excluding hydrogens is 1710 g/mol. The van der Waals surface area contributed by atoms with Crippen LogP contribution in [0.25, 0.3) is 151 Å². The van der Waals surface area contributed by atoms with E-state index in [1.165, 1.54) is 180 Å². The zero-order valence-electron chi connectivity index (χ0n) is 82.0. The summed E-state index contributed by atoms with van der Waals surface area (Å²) < 4.78 is 8.95. The summed E-state index contributed by atoms with van der Waals surface area (Å²) in [5.74, 6) is 0. The van der Waals surface area contributed by atoms with Gasteiger partial charge in [0.25, 0.3) is 0 Å². The summed E-state index contributed by atoms with van der Waals surface area (Å²) in [6, 6.07) is 155. The molecular formula is C135H111N3OS. The van der Waals surface area contributed by atoms with Crippen molar-refractivity contribution in [1.82, 2.24) is 0 Å². The lowest BCUT2D eigenvalue weighted by atomic mass is 9.55. The number of hydrogen-bond donors (Lipinski definition) is 0. The van der Waals surface area contributed by atoms with Crippen molar-refractivity contribution in [3.8, 4) is 44.5 Å². The van der Waals surface area contributed by atoms with E-state index in [4.69, 9.17) is 4.42 Å². The summed E-state index contributed by atoms with van der Waals surface area (Å²) in [5, 5.41) is 20.3. The number of benzene rings is 21. The molecule has 0 amide bonds. The fourth-order valence-electron chi connectivity index (χ4n) is 24.4. The highest BCUT2D eigenvalue weighted by Crippen LogP contribution is 2.61. The van der Waals surface area contributed by atoms with Crippen LogP contribution < -0.4 is 14.7 Å². The molecule has 5 heteroatoms. The van der Waals surface area contributed by atoms with Gasteiger partial charge in [0, 0.05) is 93.6 Å². The minimum Gasteiger partial charge on any atom is -0.456 e. The molecule has 4 aliphatic rings. The number of hydrogen-bond acceptors (Lipinski definition) is 5. The Balaban J connectivity index is 0.000000111. The molecule has 0 unspecified atom stereocenters. The van der Waals surface area contributed by atoms with Crippen LogP contribution in [-0.4, -0.2) is 0 Å². The smallest absolute Gasteiger partial charge is 0.137 e. The number of anilines is 9. The lowest BCUT2D eigenvalue weighted by Crippen LogP contribution is -2.43. The third-order valence-electron chi connectivity index (χ3n) is 34.1. The zero-order chi connectivity index (χ0) is 95.4. The Morgan fingerprint density at radius 1 is 0.164 bits per heavy atom. The minimum absolute atomic E-state index is 0.00520. The Morgan fingerprint density at radius 2 is 0.457 bits per heavy atom. The van der Waals surface area contributed by atoms with Crippen molar-refractivity contribution in [3.05, 3.63) is 463 Å². The summed E-state index contributed by atoms with van der Waals surface area (Å²) in [7, 11) is 0. The first-order valence-corrected chi connectivity index (χ1v) is 50.5. The van der Waals surface area contributed by atoms with Crippen molar-refractivity contribution in [1.29, 1.82) is 0 Å². The van der Waals surface area contributed by atoms with E-state index in [-0.39, 0.29) is 37.9 Å². The van der Waals surface area contributed by atoms with Crippen molar-refractivity contribution < 1.29 is 4.42 Å². The van der Waals surface area contributed by atoms with E-state index in [1.807, 2.05) is 23.5 Å². The van der Waals surface area contributed by atoms with Crippen LogP contribution in [0.3, 0.4) is 0 Å².